The van der Waals surface area contributed by atoms with Crippen LogP contribution in [-0.4, -0.2) is 58.9 Å². The zero-order valence-electron chi connectivity index (χ0n) is 21.3. The van der Waals surface area contributed by atoms with Gasteiger partial charge in [-0.15, -0.1) is 0 Å². The number of aliphatic hydroxyl groups excluding tert-OH is 2. The minimum absolute atomic E-state index is 0.0595. The molecule has 0 spiro atoms. The van der Waals surface area contributed by atoms with Crippen molar-refractivity contribution < 1.29 is 29.2 Å². The van der Waals surface area contributed by atoms with Gasteiger partial charge in [-0.1, -0.05) is 54.7 Å². The lowest BCUT2D eigenvalue weighted by molar-refractivity contribution is -0.148. The molecule has 6 nitrogen and oxygen atoms in total. The minimum atomic E-state index is -0.938. The largest absolute Gasteiger partial charge is 0.456 e. The molecule has 198 valence electrons. The van der Waals surface area contributed by atoms with Crippen LogP contribution in [0.2, 0.25) is 0 Å². The highest BCUT2D eigenvalue weighted by Gasteiger charge is 2.46. The highest BCUT2D eigenvalue weighted by atomic mass is 16.6. The minimum Gasteiger partial charge on any atom is -0.456 e. The Morgan fingerprint density at radius 3 is 2.67 bits per heavy atom. The van der Waals surface area contributed by atoms with Gasteiger partial charge < -0.3 is 24.4 Å². The van der Waals surface area contributed by atoms with Gasteiger partial charge in [0.15, 0.2) is 0 Å². The zero-order chi connectivity index (χ0) is 25.3. The number of fused-ring (bicyclic) bond motifs is 3. The Kier molecular flexibility index (Phi) is 10.2. The Morgan fingerprint density at radius 1 is 1.06 bits per heavy atom. The number of aliphatic hydroxyl groups is 2. The molecule has 6 heteroatoms. The number of ether oxygens (including phenoxy) is 3. The van der Waals surface area contributed by atoms with Crippen LogP contribution in [0.15, 0.2) is 60.8 Å². The number of esters is 1. The summed E-state index contributed by atoms with van der Waals surface area (Å²) >= 11 is 0. The lowest BCUT2D eigenvalue weighted by Crippen LogP contribution is -2.32. The Labute approximate surface area is 215 Å². The zero-order valence-corrected chi connectivity index (χ0v) is 21.3. The summed E-state index contributed by atoms with van der Waals surface area (Å²) in [4.78, 5) is 12.6. The maximum absolute atomic E-state index is 12.6. The number of epoxide rings is 1. The molecule has 4 unspecified atom stereocenters. The van der Waals surface area contributed by atoms with Gasteiger partial charge in [0.1, 0.15) is 18.3 Å². The van der Waals surface area contributed by atoms with E-state index in [1.807, 2.05) is 6.08 Å². The fourth-order valence-electron chi connectivity index (χ4n) is 5.39. The van der Waals surface area contributed by atoms with Crippen LogP contribution in [-0.2, 0) is 19.0 Å². The van der Waals surface area contributed by atoms with Gasteiger partial charge in [-0.2, -0.15) is 0 Å². The van der Waals surface area contributed by atoms with Crippen molar-refractivity contribution >= 4 is 5.97 Å². The van der Waals surface area contributed by atoms with Crippen LogP contribution in [0, 0.1) is 5.92 Å². The number of hydrogen-bond acceptors (Lipinski definition) is 6. The van der Waals surface area contributed by atoms with Crippen molar-refractivity contribution in [2.45, 2.75) is 113 Å². The van der Waals surface area contributed by atoms with Crippen LogP contribution in [0.4, 0.5) is 0 Å². The summed E-state index contributed by atoms with van der Waals surface area (Å²) in [6.07, 6.45) is 22.1. The molecule has 1 fully saturated rings. The number of rotatable bonds is 3. The topological polar surface area (TPSA) is 88.5 Å². The predicted molar refractivity (Wildman–Crippen MR) is 139 cm³/mol. The van der Waals surface area contributed by atoms with Crippen molar-refractivity contribution in [1.29, 1.82) is 0 Å². The Morgan fingerprint density at radius 2 is 1.86 bits per heavy atom. The van der Waals surface area contributed by atoms with Gasteiger partial charge in [-0.25, -0.2) is 4.79 Å². The fourth-order valence-corrected chi connectivity index (χ4v) is 5.39. The molecule has 0 aromatic carbocycles. The number of allylic oxidation sites excluding steroid dienone is 3. The first-order valence-electron chi connectivity index (χ1n) is 13.7. The average Bonchev–Trinajstić information content (AvgIpc) is 3.66. The van der Waals surface area contributed by atoms with Gasteiger partial charge in [0.2, 0.25) is 0 Å². The molecular formula is C30H42O6. The monoisotopic (exact) mass is 498 g/mol. The quantitative estimate of drug-likeness (QED) is 0.328. The SMILES string of the molecule is C=C1CCC[C@@H]2CC=CC(C/C=C\C(=O)OC(C(O)/C=C/C3CCC=CCC3)C[C@@H]3OC3[C@@H](O)C1)O2. The first kappa shape index (κ1) is 27.1. The van der Waals surface area contributed by atoms with E-state index in [9.17, 15) is 15.0 Å². The molecule has 3 heterocycles. The molecular weight excluding hydrogens is 456 g/mol. The maximum atomic E-state index is 12.6. The van der Waals surface area contributed by atoms with Crippen LogP contribution in [0.5, 0.6) is 0 Å². The number of carbonyl (C=O) groups excluding carboxylic acids is 1. The van der Waals surface area contributed by atoms with Crippen molar-refractivity contribution in [2.24, 2.45) is 5.92 Å². The van der Waals surface area contributed by atoms with E-state index in [-0.39, 0.29) is 24.4 Å². The number of carbonyl (C=O) groups is 1. The van der Waals surface area contributed by atoms with Crippen LogP contribution in [0.3, 0.4) is 0 Å². The van der Waals surface area contributed by atoms with Gasteiger partial charge in [0, 0.05) is 12.5 Å². The summed E-state index contributed by atoms with van der Waals surface area (Å²) in [5, 5.41) is 21.6. The van der Waals surface area contributed by atoms with E-state index >= 15 is 0 Å². The molecule has 0 aromatic rings. The summed E-state index contributed by atoms with van der Waals surface area (Å²) < 4.78 is 17.6. The van der Waals surface area contributed by atoms with E-state index in [1.54, 1.807) is 12.2 Å². The molecule has 0 radical (unpaired) electrons. The highest BCUT2D eigenvalue weighted by Crippen LogP contribution is 2.34. The smallest absolute Gasteiger partial charge is 0.330 e. The average molecular weight is 499 g/mol. The second-order valence-electron chi connectivity index (χ2n) is 10.6. The van der Waals surface area contributed by atoms with Crippen molar-refractivity contribution in [3.8, 4) is 0 Å². The van der Waals surface area contributed by atoms with Crippen LogP contribution in [0.1, 0.15) is 70.6 Å². The van der Waals surface area contributed by atoms with E-state index in [2.05, 4.69) is 30.9 Å². The molecule has 36 heavy (non-hydrogen) atoms. The first-order valence-corrected chi connectivity index (χ1v) is 13.7. The van der Waals surface area contributed by atoms with E-state index in [4.69, 9.17) is 14.2 Å². The summed E-state index contributed by atoms with van der Waals surface area (Å²) in [5.41, 5.74) is 1.01. The third kappa shape index (κ3) is 8.55. The summed E-state index contributed by atoms with van der Waals surface area (Å²) in [7, 11) is 0. The van der Waals surface area contributed by atoms with E-state index in [0.717, 1.165) is 56.9 Å². The second-order valence-corrected chi connectivity index (χ2v) is 10.6. The summed E-state index contributed by atoms with van der Waals surface area (Å²) in [6, 6.07) is 0. The fraction of sp³-hybridized carbons (Fsp3) is 0.633. The van der Waals surface area contributed by atoms with Gasteiger partial charge in [-0.05, 0) is 70.1 Å². The van der Waals surface area contributed by atoms with Gasteiger partial charge in [-0.3, -0.25) is 0 Å². The second kappa shape index (κ2) is 13.5. The van der Waals surface area contributed by atoms with Crippen molar-refractivity contribution in [3.05, 3.63) is 60.8 Å². The highest BCUT2D eigenvalue weighted by molar-refractivity contribution is 5.82. The molecule has 4 aliphatic rings. The Hall–Kier alpha value is -1.99. The molecule has 2 bridgehead atoms. The lowest BCUT2D eigenvalue weighted by Gasteiger charge is -2.25. The molecule has 0 amide bonds. The van der Waals surface area contributed by atoms with Crippen molar-refractivity contribution in [2.75, 3.05) is 0 Å². The third-order valence-corrected chi connectivity index (χ3v) is 7.56. The summed E-state index contributed by atoms with van der Waals surface area (Å²) in [6.45, 7) is 4.15. The van der Waals surface area contributed by atoms with Crippen molar-refractivity contribution in [3.63, 3.8) is 0 Å². The van der Waals surface area contributed by atoms with Crippen molar-refractivity contribution in [1.82, 2.24) is 0 Å². The molecule has 0 aromatic heterocycles. The third-order valence-electron chi connectivity index (χ3n) is 7.56. The molecule has 1 saturated heterocycles. The number of cyclic esters (lactones) is 1. The normalized spacial score (nSPS) is 36.8. The van der Waals surface area contributed by atoms with Gasteiger partial charge >= 0.3 is 5.97 Å². The molecule has 2 N–H and O–H groups in total. The Balaban J connectivity index is 1.42. The molecule has 1 aliphatic carbocycles. The maximum Gasteiger partial charge on any atom is 0.330 e. The van der Waals surface area contributed by atoms with Gasteiger partial charge in [0.25, 0.3) is 0 Å². The van der Waals surface area contributed by atoms with E-state index in [0.29, 0.717) is 25.2 Å². The standard InChI is InChI=1S/C30H42O6/c1-21-9-6-12-23-13-7-14-24(34-23)15-8-16-29(33)35-27(20-28-30(36-28)26(32)19-21)25(31)18-17-22-10-4-2-3-5-11-22/h2-3,7-8,14,16-18,22-28,30-32H,1,4-6,9-13,15,19-20H2/b16-8-,18-17+/t23-,24?,25?,26+,27?,28+,30?/m1/s1. The molecule has 3 aliphatic heterocycles. The molecule has 7 atom stereocenters. The molecule has 4 rings (SSSR count). The van der Waals surface area contributed by atoms with Gasteiger partial charge in [0.05, 0.1) is 24.4 Å². The first-order chi connectivity index (χ1) is 17.5. The number of hydrogen-bond donors (Lipinski definition) is 2. The van der Waals surface area contributed by atoms with E-state index in [1.165, 1.54) is 6.08 Å². The summed E-state index contributed by atoms with van der Waals surface area (Å²) in [5.74, 6) is -0.0933. The van der Waals surface area contributed by atoms with Crippen LogP contribution < -0.4 is 0 Å². The molecule has 0 saturated carbocycles. The van der Waals surface area contributed by atoms with Crippen LogP contribution in [0.25, 0.3) is 0 Å². The predicted octanol–water partition coefficient (Wildman–Crippen LogP) is 4.87. The van der Waals surface area contributed by atoms with E-state index < -0.39 is 24.3 Å². The lowest BCUT2D eigenvalue weighted by atomic mass is 9.96. The Bertz CT molecular complexity index is 848. The van der Waals surface area contributed by atoms with Crippen LogP contribution >= 0.6 is 0 Å².